The smallest absolute Gasteiger partial charge is 0.294 e. The van der Waals surface area contributed by atoms with Crippen LogP contribution >= 0.6 is 22.9 Å². The van der Waals surface area contributed by atoms with Gasteiger partial charge in [-0.25, -0.2) is 0 Å². The summed E-state index contributed by atoms with van der Waals surface area (Å²) >= 11 is 7.27. The monoisotopic (exact) mass is 471 g/mol. The minimum atomic E-state index is -1.10. The van der Waals surface area contributed by atoms with Crippen molar-refractivity contribution in [2.24, 2.45) is 0 Å². The Hall–Kier alpha value is -3.49. The SMILES string of the molecule is CCOc1cc(C2C(C(=O)c3cccs3)=C(O)C(=O)N2c2cc(Cl)ccc2O)ccc1O. The van der Waals surface area contributed by atoms with Crippen LogP contribution in [0.25, 0.3) is 0 Å². The fourth-order valence-corrected chi connectivity index (χ4v) is 4.45. The first-order valence-electron chi connectivity index (χ1n) is 9.62. The third-order valence-corrected chi connectivity index (χ3v) is 6.10. The second kappa shape index (κ2) is 8.57. The highest BCUT2D eigenvalue weighted by molar-refractivity contribution is 7.12. The van der Waals surface area contributed by atoms with Crippen molar-refractivity contribution in [3.8, 4) is 17.2 Å². The molecule has 164 valence electrons. The molecule has 4 rings (SSSR count). The van der Waals surface area contributed by atoms with Gasteiger partial charge in [0.15, 0.2) is 17.3 Å². The molecule has 0 bridgehead atoms. The highest BCUT2D eigenvalue weighted by atomic mass is 35.5. The molecule has 1 aliphatic rings. The quantitative estimate of drug-likeness (QED) is 0.437. The summed E-state index contributed by atoms with van der Waals surface area (Å²) < 4.78 is 5.46. The van der Waals surface area contributed by atoms with Crippen LogP contribution in [0, 0.1) is 0 Å². The van der Waals surface area contributed by atoms with Crippen LogP contribution in [0.2, 0.25) is 5.02 Å². The molecular weight excluding hydrogens is 454 g/mol. The maximum atomic E-state index is 13.3. The second-order valence-corrected chi connectivity index (χ2v) is 8.32. The van der Waals surface area contributed by atoms with Gasteiger partial charge in [-0.3, -0.25) is 14.5 Å². The van der Waals surface area contributed by atoms with Crippen LogP contribution in [0.1, 0.15) is 28.2 Å². The van der Waals surface area contributed by atoms with Crippen molar-refractivity contribution >= 4 is 40.3 Å². The van der Waals surface area contributed by atoms with Gasteiger partial charge in [0.25, 0.3) is 5.91 Å². The van der Waals surface area contributed by atoms with Crippen LogP contribution < -0.4 is 9.64 Å². The molecule has 3 N–H and O–H groups in total. The predicted octanol–water partition coefficient (Wildman–Crippen LogP) is 4.99. The highest BCUT2D eigenvalue weighted by Gasteiger charge is 2.46. The number of hydrogen-bond acceptors (Lipinski definition) is 7. The van der Waals surface area contributed by atoms with Gasteiger partial charge in [0.2, 0.25) is 5.78 Å². The van der Waals surface area contributed by atoms with Crippen molar-refractivity contribution in [2.75, 3.05) is 11.5 Å². The molecule has 1 aromatic heterocycles. The molecule has 9 heteroatoms. The molecule has 0 radical (unpaired) electrons. The number of aromatic hydroxyl groups is 2. The van der Waals surface area contributed by atoms with Crippen molar-refractivity contribution < 1.29 is 29.6 Å². The molecule has 7 nitrogen and oxygen atoms in total. The largest absolute Gasteiger partial charge is 0.506 e. The summed E-state index contributed by atoms with van der Waals surface area (Å²) in [6.07, 6.45) is 0. The second-order valence-electron chi connectivity index (χ2n) is 6.94. The van der Waals surface area contributed by atoms with Crippen LogP contribution in [0.3, 0.4) is 0 Å². The van der Waals surface area contributed by atoms with Gasteiger partial charge in [0.05, 0.1) is 28.8 Å². The Labute approximate surface area is 192 Å². The fourth-order valence-electron chi connectivity index (χ4n) is 3.60. The molecule has 1 atom stereocenters. The van der Waals surface area contributed by atoms with E-state index in [-0.39, 0.29) is 40.1 Å². The Morgan fingerprint density at radius 2 is 1.88 bits per heavy atom. The van der Waals surface area contributed by atoms with Crippen molar-refractivity contribution in [3.63, 3.8) is 0 Å². The number of rotatable bonds is 6. The number of Topliss-reactive ketones (excluding diaryl/α,β-unsaturated/α-hetero) is 1. The number of ether oxygens (including phenoxy) is 1. The third kappa shape index (κ3) is 3.68. The van der Waals surface area contributed by atoms with Gasteiger partial charge in [-0.2, -0.15) is 0 Å². The van der Waals surface area contributed by atoms with Gasteiger partial charge >= 0.3 is 0 Å². The Bertz CT molecular complexity index is 1240. The van der Waals surface area contributed by atoms with Gasteiger partial charge in [-0.15, -0.1) is 11.3 Å². The molecule has 32 heavy (non-hydrogen) atoms. The zero-order chi connectivity index (χ0) is 23.0. The number of carbonyl (C=O) groups excluding carboxylic acids is 2. The normalized spacial score (nSPS) is 16.0. The van der Waals surface area contributed by atoms with Crippen LogP contribution in [-0.2, 0) is 4.79 Å². The molecule has 0 fully saturated rings. The number of aliphatic hydroxyl groups excluding tert-OH is 1. The minimum Gasteiger partial charge on any atom is -0.506 e. The average Bonchev–Trinajstić information content (AvgIpc) is 3.39. The number of carbonyl (C=O) groups is 2. The fraction of sp³-hybridized carbons (Fsp3) is 0.130. The van der Waals surface area contributed by atoms with E-state index in [9.17, 15) is 24.9 Å². The van der Waals surface area contributed by atoms with Gasteiger partial charge in [0.1, 0.15) is 5.75 Å². The predicted molar refractivity (Wildman–Crippen MR) is 121 cm³/mol. The van der Waals surface area contributed by atoms with Crippen molar-refractivity contribution in [2.45, 2.75) is 13.0 Å². The van der Waals surface area contributed by atoms with E-state index < -0.39 is 23.5 Å². The summed E-state index contributed by atoms with van der Waals surface area (Å²) in [4.78, 5) is 27.9. The molecule has 1 aliphatic heterocycles. The number of nitrogens with zero attached hydrogens (tertiary/aromatic N) is 1. The van der Waals surface area contributed by atoms with E-state index in [0.29, 0.717) is 10.4 Å². The summed E-state index contributed by atoms with van der Waals surface area (Å²) in [5.41, 5.74) is 0.270. The summed E-state index contributed by atoms with van der Waals surface area (Å²) in [5, 5.41) is 33.3. The van der Waals surface area contributed by atoms with E-state index in [2.05, 4.69) is 0 Å². The number of phenolic OH excluding ortho intramolecular Hbond substituents is 2. The standard InChI is InChI=1S/C23H18ClNO6S/c1-2-31-17-10-12(5-7-16(17)27)20-19(21(28)18-4-3-9-32-18)22(29)23(30)25(20)14-11-13(24)6-8-15(14)26/h3-11,20,26-27,29H,2H2,1H3. The van der Waals surface area contributed by atoms with Gasteiger partial charge < -0.3 is 20.1 Å². The molecule has 0 saturated carbocycles. The molecule has 1 unspecified atom stereocenters. The maximum Gasteiger partial charge on any atom is 0.294 e. The van der Waals surface area contributed by atoms with E-state index in [0.717, 1.165) is 4.90 Å². The first-order valence-corrected chi connectivity index (χ1v) is 10.9. The number of amides is 1. The number of ketones is 1. The van der Waals surface area contributed by atoms with Crippen molar-refractivity contribution in [3.05, 3.63) is 80.7 Å². The van der Waals surface area contributed by atoms with Crippen molar-refractivity contribution in [1.29, 1.82) is 0 Å². The zero-order valence-corrected chi connectivity index (χ0v) is 18.4. The summed E-state index contributed by atoms with van der Waals surface area (Å²) in [5.74, 6) is -2.32. The third-order valence-electron chi connectivity index (χ3n) is 4.99. The molecule has 1 amide bonds. The Morgan fingerprint density at radius 3 is 2.56 bits per heavy atom. The van der Waals surface area contributed by atoms with Gasteiger partial charge in [-0.05, 0) is 54.3 Å². The van der Waals surface area contributed by atoms with E-state index in [1.807, 2.05) is 0 Å². The number of hydrogen-bond donors (Lipinski definition) is 3. The number of benzene rings is 2. The lowest BCUT2D eigenvalue weighted by molar-refractivity contribution is -0.117. The van der Waals surface area contributed by atoms with Crippen LogP contribution in [0.15, 0.2) is 65.2 Å². The van der Waals surface area contributed by atoms with Crippen LogP contribution in [-0.4, -0.2) is 33.6 Å². The molecule has 0 aliphatic carbocycles. The average molecular weight is 472 g/mol. The molecule has 0 spiro atoms. The minimum absolute atomic E-state index is 0.0269. The molecule has 3 aromatic rings. The lowest BCUT2D eigenvalue weighted by Crippen LogP contribution is -2.31. The van der Waals surface area contributed by atoms with E-state index in [1.54, 1.807) is 24.4 Å². The Balaban J connectivity index is 1.93. The zero-order valence-electron chi connectivity index (χ0n) is 16.8. The Kier molecular flexibility index (Phi) is 5.82. The lowest BCUT2D eigenvalue weighted by atomic mass is 9.94. The number of anilines is 1. The van der Waals surface area contributed by atoms with Gasteiger partial charge in [-0.1, -0.05) is 23.7 Å². The number of phenols is 2. The molecular formula is C23H18ClNO6S. The number of halogens is 1. The highest BCUT2D eigenvalue weighted by Crippen LogP contribution is 2.46. The lowest BCUT2D eigenvalue weighted by Gasteiger charge is -2.28. The van der Waals surface area contributed by atoms with E-state index in [1.165, 1.54) is 47.7 Å². The van der Waals surface area contributed by atoms with Crippen molar-refractivity contribution in [1.82, 2.24) is 0 Å². The first kappa shape index (κ1) is 21.7. The molecule has 2 aromatic carbocycles. The van der Waals surface area contributed by atoms with Crippen LogP contribution in [0.5, 0.6) is 17.2 Å². The molecule has 0 saturated heterocycles. The van der Waals surface area contributed by atoms with Gasteiger partial charge in [0, 0.05) is 5.02 Å². The van der Waals surface area contributed by atoms with E-state index >= 15 is 0 Å². The first-order chi connectivity index (χ1) is 15.3. The summed E-state index contributed by atoms with van der Waals surface area (Å²) in [7, 11) is 0. The van der Waals surface area contributed by atoms with E-state index in [4.69, 9.17) is 16.3 Å². The summed E-state index contributed by atoms with van der Waals surface area (Å²) in [6.45, 7) is 2.03. The molecule has 2 heterocycles. The number of aliphatic hydroxyl groups is 1. The van der Waals surface area contributed by atoms with Crippen LogP contribution in [0.4, 0.5) is 5.69 Å². The Morgan fingerprint density at radius 1 is 1.12 bits per heavy atom. The topological polar surface area (TPSA) is 107 Å². The summed E-state index contributed by atoms with van der Waals surface area (Å²) in [6, 6.07) is 10.7. The maximum absolute atomic E-state index is 13.3. The number of thiophene rings is 1.